The van der Waals surface area contributed by atoms with E-state index in [0.29, 0.717) is 24.5 Å². The van der Waals surface area contributed by atoms with E-state index in [4.69, 9.17) is 4.74 Å². The lowest BCUT2D eigenvalue weighted by Gasteiger charge is -2.38. The Balaban J connectivity index is 2.18. The molecule has 0 saturated heterocycles. The van der Waals surface area contributed by atoms with Crippen molar-refractivity contribution in [2.45, 2.75) is 43.0 Å². The van der Waals surface area contributed by atoms with Gasteiger partial charge in [-0.3, -0.25) is 0 Å². The molecule has 0 radical (unpaired) electrons. The number of benzene rings is 1. The maximum atomic E-state index is 12.5. The Morgan fingerprint density at radius 2 is 1.86 bits per heavy atom. The van der Waals surface area contributed by atoms with Gasteiger partial charge in [0.1, 0.15) is 5.75 Å². The summed E-state index contributed by atoms with van der Waals surface area (Å²) >= 11 is 0. The fourth-order valence-corrected chi connectivity index (χ4v) is 4.16. The highest BCUT2D eigenvalue weighted by Crippen LogP contribution is 2.33. The summed E-state index contributed by atoms with van der Waals surface area (Å²) in [6, 6.07) is 6.25. The second-order valence-electron chi connectivity index (χ2n) is 5.90. The molecule has 2 N–H and O–H groups in total. The number of hydrogen-bond donors (Lipinski definition) is 2. The summed E-state index contributed by atoms with van der Waals surface area (Å²) in [5, 5.41) is 9.67. The normalized spacial score (nSPS) is 26.5. The minimum absolute atomic E-state index is 0.172. The number of sulfonamides is 1. The van der Waals surface area contributed by atoms with Gasteiger partial charge in [-0.1, -0.05) is 6.92 Å². The zero-order valence-electron chi connectivity index (χ0n) is 12.5. The third-order valence-electron chi connectivity index (χ3n) is 4.25. The minimum Gasteiger partial charge on any atom is -0.497 e. The summed E-state index contributed by atoms with van der Waals surface area (Å²) in [4.78, 5) is 0.190. The molecule has 1 aromatic carbocycles. The van der Waals surface area contributed by atoms with Crippen LogP contribution in [-0.2, 0) is 10.0 Å². The third kappa shape index (κ3) is 3.75. The number of ether oxygens (including phenoxy) is 1. The van der Waals surface area contributed by atoms with Crippen LogP contribution < -0.4 is 9.46 Å². The second-order valence-corrected chi connectivity index (χ2v) is 7.58. The van der Waals surface area contributed by atoms with E-state index in [2.05, 4.69) is 11.6 Å². The Bertz CT molecular complexity index is 560. The first-order valence-electron chi connectivity index (χ1n) is 7.20. The molecule has 0 aromatic heterocycles. The number of nitrogens with one attached hydrogen (secondary N) is 1. The Morgan fingerprint density at radius 3 is 2.33 bits per heavy atom. The van der Waals surface area contributed by atoms with Crippen molar-refractivity contribution in [2.24, 2.45) is 5.92 Å². The fourth-order valence-electron chi connectivity index (χ4n) is 2.71. The quantitative estimate of drug-likeness (QED) is 0.871. The van der Waals surface area contributed by atoms with Crippen LogP contribution in [-0.4, -0.2) is 32.8 Å². The molecule has 0 amide bonds. The van der Waals surface area contributed by atoms with Crippen LogP contribution in [0.4, 0.5) is 0 Å². The number of aliphatic hydroxyl groups excluding tert-OH is 1. The van der Waals surface area contributed by atoms with Crippen LogP contribution >= 0.6 is 0 Å². The predicted octanol–water partition coefficient (Wildman–Crippen LogP) is 1.91. The summed E-state index contributed by atoms with van der Waals surface area (Å²) in [7, 11) is -2.11. The highest BCUT2D eigenvalue weighted by atomic mass is 32.2. The summed E-state index contributed by atoms with van der Waals surface area (Å²) in [6.45, 7) is 1.98. The van der Waals surface area contributed by atoms with E-state index in [-0.39, 0.29) is 11.5 Å². The van der Waals surface area contributed by atoms with Crippen molar-refractivity contribution >= 4 is 10.0 Å². The Labute approximate surface area is 126 Å². The van der Waals surface area contributed by atoms with E-state index in [1.165, 1.54) is 19.2 Å². The van der Waals surface area contributed by atoms with Crippen molar-refractivity contribution in [2.75, 3.05) is 13.7 Å². The molecular weight excluding hydrogens is 290 g/mol. The van der Waals surface area contributed by atoms with Crippen molar-refractivity contribution in [3.8, 4) is 5.75 Å². The third-order valence-corrected chi connectivity index (χ3v) is 5.85. The predicted molar refractivity (Wildman–Crippen MR) is 80.8 cm³/mol. The monoisotopic (exact) mass is 313 g/mol. The van der Waals surface area contributed by atoms with Gasteiger partial charge in [-0.15, -0.1) is 0 Å². The van der Waals surface area contributed by atoms with Crippen molar-refractivity contribution < 1.29 is 18.3 Å². The van der Waals surface area contributed by atoms with E-state index in [1.54, 1.807) is 12.1 Å². The van der Waals surface area contributed by atoms with Gasteiger partial charge in [-0.05, 0) is 55.9 Å². The first kappa shape index (κ1) is 16.3. The Morgan fingerprint density at radius 1 is 1.29 bits per heavy atom. The average Bonchev–Trinajstić information content (AvgIpc) is 2.50. The molecule has 2 rings (SSSR count). The molecule has 1 aliphatic carbocycles. The molecule has 0 aliphatic heterocycles. The average molecular weight is 313 g/mol. The zero-order chi connectivity index (χ0) is 15.5. The van der Waals surface area contributed by atoms with Crippen LogP contribution in [0.25, 0.3) is 0 Å². The van der Waals surface area contributed by atoms with E-state index in [0.717, 1.165) is 12.8 Å². The fraction of sp³-hybridized carbons (Fsp3) is 0.600. The molecule has 21 heavy (non-hydrogen) atoms. The van der Waals surface area contributed by atoms with Gasteiger partial charge in [0.05, 0.1) is 24.2 Å². The SMILES string of the molecule is COc1ccc(S(=O)(=O)NC2(CO)CCC(C)CC2)cc1. The minimum atomic E-state index is -3.64. The Hall–Kier alpha value is -1.11. The van der Waals surface area contributed by atoms with Crippen molar-refractivity contribution in [1.82, 2.24) is 4.72 Å². The van der Waals surface area contributed by atoms with Crippen LogP contribution in [0.2, 0.25) is 0 Å². The molecule has 1 fully saturated rings. The topological polar surface area (TPSA) is 75.6 Å². The van der Waals surface area contributed by atoms with Gasteiger partial charge < -0.3 is 9.84 Å². The first-order chi connectivity index (χ1) is 9.91. The molecule has 118 valence electrons. The van der Waals surface area contributed by atoms with Gasteiger partial charge in [0.15, 0.2) is 0 Å². The molecular formula is C15H23NO4S. The summed E-state index contributed by atoms with van der Waals surface area (Å²) in [6.07, 6.45) is 3.18. The maximum absolute atomic E-state index is 12.5. The van der Waals surface area contributed by atoms with Crippen molar-refractivity contribution in [3.05, 3.63) is 24.3 Å². The van der Waals surface area contributed by atoms with E-state index < -0.39 is 15.6 Å². The molecule has 0 bridgehead atoms. The number of rotatable bonds is 5. The first-order valence-corrected chi connectivity index (χ1v) is 8.68. The lowest BCUT2D eigenvalue weighted by Crippen LogP contribution is -2.53. The van der Waals surface area contributed by atoms with Gasteiger partial charge in [0, 0.05) is 0 Å². The van der Waals surface area contributed by atoms with E-state index in [9.17, 15) is 13.5 Å². The molecule has 0 heterocycles. The molecule has 0 atom stereocenters. The highest BCUT2D eigenvalue weighted by molar-refractivity contribution is 7.89. The van der Waals surface area contributed by atoms with Gasteiger partial charge in [-0.25, -0.2) is 13.1 Å². The smallest absolute Gasteiger partial charge is 0.241 e. The van der Waals surface area contributed by atoms with Crippen LogP contribution in [0.5, 0.6) is 5.75 Å². The molecule has 6 heteroatoms. The van der Waals surface area contributed by atoms with Crippen molar-refractivity contribution in [1.29, 1.82) is 0 Å². The summed E-state index contributed by atoms with van der Waals surface area (Å²) in [5.74, 6) is 1.19. The van der Waals surface area contributed by atoms with Gasteiger partial charge in [0.25, 0.3) is 0 Å². The maximum Gasteiger partial charge on any atom is 0.241 e. The van der Waals surface area contributed by atoms with E-state index in [1.807, 2.05) is 0 Å². The largest absolute Gasteiger partial charge is 0.497 e. The number of methoxy groups -OCH3 is 1. The van der Waals surface area contributed by atoms with Gasteiger partial charge in [-0.2, -0.15) is 0 Å². The second kappa shape index (κ2) is 6.34. The molecule has 1 aliphatic rings. The van der Waals surface area contributed by atoms with Gasteiger partial charge >= 0.3 is 0 Å². The van der Waals surface area contributed by atoms with Crippen LogP contribution in [0, 0.1) is 5.92 Å². The molecule has 0 unspecified atom stereocenters. The molecule has 0 spiro atoms. The lowest BCUT2D eigenvalue weighted by molar-refractivity contribution is 0.125. The summed E-state index contributed by atoms with van der Waals surface area (Å²) < 4.78 is 32.7. The number of aliphatic hydroxyl groups is 1. The zero-order valence-corrected chi connectivity index (χ0v) is 13.3. The van der Waals surface area contributed by atoms with Crippen LogP contribution in [0.3, 0.4) is 0 Å². The standard InChI is InChI=1S/C15H23NO4S/c1-12-7-9-15(11-17,10-8-12)16-21(18,19)14-5-3-13(20-2)4-6-14/h3-6,12,16-17H,7-11H2,1-2H3. The van der Waals surface area contributed by atoms with Crippen LogP contribution in [0.1, 0.15) is 32.6 Å². The van der Waals surface area contributed by atoms with Crippen molar-refractivity contribution in [3.63, 3.8) is 0 Å². The summed E-state index contributed by atoms with van der Waals surface area (Å²) in [5.41, 5.74) is -0.731. The lowest BCUT2D eigenvalue weighted by atomic mass is 9.78. The van der Waals surface area contributed by atoms with Gasteiger partial charge in [0.2, 0.25) is 10.0 Å². The highest BCUT2D eigenvalue weighted by Gasteiger charge is 2.37. The van der Waals surface area contributed by atoms with Crippen LogP contribution in [0.15, 0.2) is 29.2 Å². The van der Waals surface area contributed by atoms with E-state index >= 15 is 0 Å². The molecule has 1 saturated carbocycles. The number of hydrogen-bond acceptors (Lipinski definition) is 4. The molecule has 1 aromatic rings. The Kier molecular flexibility index (Phi) is 4.91. The molecule has 5 nitrogen and oxygen atoms in total.